The van der Waals surface area contributed by atoms with Crippen molar-refractivity contribution in [3.63, 3.8) is 0 Å². The lowest BCUT2D eigenvalue weighted by Crippen LogP contribution is -2.33. The van der Waals surface area contributed by atoms with Crippen LogP contribution in [0.2, 0.25) is 0 Å². The normalized spacial score (nSPS) is 16.5. The van der Waals surface area contributed by atoms with Crippen LogP contribution in [-0.2, 0) is 10.0 Å². The first-order valence-corrected chi connectivity index (χ1v) is 10.1. The number of ether oxygens (including phenoxy) is 2. The third kappa shape index (κ3) is 4.55. The van der Waals surface area contributed by atoms with Crippen LogP contribution >= 0.6 is 0 Å². The van der Waals surface area contributed by atoms with E-state index in [0.29, 0.717) is 24.7 Å². The van der Waals surface area contributed by atoms with Gasteiger partial charge in [0.1, 0.15) is 0 Å². The van der Waals surface area contributed by atoms with Gasteiger partial charge in [0.05, 0.1) is 24.2 Å². The Morgan fingerprint density at radius 1 is 1.08 bits per heavy atom. The molecule has 0 spiro atoms. The maximum absolute atomic E-state index is 12.6. The average molecular weight is 377 g/mol. The number of aliphatic hydroxyl groups is 1. The summed E-state index contributed by atoms with van der Waals surface area (Å²) in [6.45, 7) is 2.77. The van der Waals surface area contributed by atoms with Gasteiger partial charge in [0.2, 0.25) is 10.0 Å². The monoisotopic (exact) mass is 377 g/mol. The predicted octanol–water partition coefficient (Wildman–Crippen LogP) is 2.64. The minimum atomic E-state index is -3.73. The Morgan fingerprint density at radius 3 is 2.50 bits per heavy atom. The number of nitrogens with one attached hydrogen (secondary N) is 1. The number of benzene rings is 2. The van der Waals surface area contributed by atoms with Crippen molar-refractivity contribution < 1.29 is 23.0 Å². The van der Waals surface area contributed by atoms with Gasteiger partial charge < -0.3 is 14.6 Å². The zero-order chi connectivity index (χ0) is 18.6. The van der Waals surface area contributed by atoms with Gasteiger partial charge in [-0.3, -0.25) is 0 Å². The van der Waals surface area contributed by atoms with Gasteiger partial charge in [0.15, 0.2) is 11.5 Å². The number of rotatable bonds is 6. The zero-order valence-electron chi connectivity index (χ0n) is 14.6. The molecular weight excluding hydrogens is 354 g/mol. The van der Waals surface area contributed by atoms with E-state index in [4.69, 9.17) is 9.47 Å². The average Bonchev–Trinajstić information content (AvgIpc) is 2.86. The Labute approximate surface area is 153 Å². The van der Waals surface area contributed by atoms with E-state index in [2.05, 4.69) is 4.72 Å². The standard InChI is InChI=1S/C19H23NO5S/c1-14(12-17(21)15-6-3-2-4-7-15)20-26(22,23)16-8-9-18-19(13-16)25-11-5-10-24-18/h2-4,6-9,13-14,17,20-21H,5,10-12H2,1H3/t14-,17-/m1/s1. The molecule has 3 rings (SSSR count). The van der Waals surface area contributed by atoms with Crippen molar-refractivity contribution in [3.8, 4) is 11.5 Å². The first-order valence-electron chi connectivity index (χ1n) is 8.61. The van der Waals surface area contributed by atoms with Crippen LogP contribution in [0.15, 0.2) is 53.4 Å². The molecule has 0 aliphatic carbocycles. The Bertz CT molecular complexity index is 838. The smallest absolute Gasteiger partial charge is 0.240 e. The molecule has 1 heterocycles. The van der Waals surface area contributed by atoms with Gasteiger partial charge in [0.25, 0.3) is 0 Å². The summed E-state index contributed by atoms with van der Waals surface area (Å²) in [6, 6.07) is 13.3. The Morgan fingerprint density at radius 2 is 1.77 bits per heavy atom. The third-order valence-corrected chi connectivity index (χ3v) is 5.73. The van der Waals surface area contributed by atoms with E-state index in [0.717, 1.165) is 12.0 Å². The van der Waals surface area contributed by atoms with Crippen LogP contribution in [0.4, 0.5) is 0 Å². The lowest BCUT2D eigenvalue weighted by atomic mass is 10.0. The van der Waals surface area contributed by atoms with Crippen molar-refractivity contribution in [2.75, 3.05) is 13.2 Å². The summed E-state index contributed by atoms with van der Waals surface area (Å²) in [5.74, 6) is 0.983. The van der Waals surface area contributed by atoms with Crippen LogP contribution in [0.25, 0.3) is 0 Å². The molecule has 1 aliphatic rings. The largest absolute Gasteiger partial charge is 0.490 e. The Kier molecular flexibility index (Phi) is 5.80. The highest BCUT2D eigenvalue weighted by atomic mass is 32.2. The topological polar surface area (TPSA) is 84.9 Å². The summed E-state index contributed by atoms with van der Waals surface area (Å²) >= 11 is 0. The summed E-state index contributed by atoms with van der Waals surface area (Å²) in [5, 5.41) is 10.3. The van der Waals surface area contributed by atoms with Crippen molar-refractivity contribution in [1.82, 2.24) is 4.72 Å². The molecule has 140 valence electrons. The molecule has 0 fully saturated rings. The van der Waals surface area contributed by atoms with Crippen molar-refractivity contribution in [2.24, 2.45) is 0 Å². The molecule has 0 saturated carbocycles. The summed E-state index contributed by atoms with van der Waals surface area (Å²) in [6.07, 6.45) is 0.287. The summed E-state index contributed by atoms with van der Waals surface area (Å²) in [7, 11) is -3.73. The molecule has 0 saturated heterocycles. The van der Waals surface area contributed by atoms with Crippen LogP contribution < -0.4 is 14.2 Å². The second-order valence-electron chi connectivity index (χ2n) is 6.34. The van der Waals surface area contributed by atoms with Crippen molar-refractivity contribution in [2.45, 2.75) is 36.8 Å². The molecule has 2 aromatic carbocycles. The van der Waals surface area contributed by atoms with Gasteiger partial charge in [-0.05, 0) is 31.0 Å². The molecule has 0 unspecified atom stereocenters. The fraction of sp³-hybridized carbons (Fsp3) is 0.368. The van der Waals surface area contributed by atoms with Gasteiger partial charge in [0, 0.05) is 18.5 Å². The van der Waals surface area contributed by atoms with Crippen LogP contribution in [0.1, 0.15) is 31.4 Å². The second kappa shape index (κ2) is 8.07. The highest BCUT2D eigenvalue weighted by Gasteiger charge is 2.22. The molecule has 0 aromatic heterocycles. The summed E-state index contributed by atoms with van der Waals surface area (Å²) in [5.41, 5.74) is 0.758. The van der Waals surface area contributed by atoms with Crippen molar-refractivity contribution in [3.05, 3.63) is 54.1 Å². The SMILES string of the molecule is C[C@H](C[C@@H](O)c1ccccc1)NS(=O)(=O)c1ccc2c(c1)OCCCO2. The lowest BCUT2D eigenvalue weighted by Gasteiger charge is -2.18. The molecule has 1 aliphatic heterocycles. The van der Waals surface area contributed by atoms with Gasteiger partial charge in [-0.2, -0.15) is 0 Å². The Balaban J connectivity index is 1.69. The highest BCUT2D eigenvalue weighted by Crippen LogP contribution is 2.32. The molecule has 6 nitrogen and oxygen atoms in total. The van der Waals surface area contributed by atoms with E-state index in [1.165, 1.54) is 12.1 Å². The van der Waals surface area contributed by atoms with Crippen molar-refractivity contribution >= 4 is 10.0 Å². The molecule has 7 heteroatoms. The number of fused-ring (bicyclic) bond motifs is 1. The molecule has 26 heavy (non-hydrogen) atoms. The first kappa shape index (κ1) is 18.7. The summed E-state index contributed by atoms with van der Waals surface area (Å²) in [4.78, 5) is 0.114. The molecule has 2 N–H and O–H groups in total. The number of hydrogen-bond donors (Lipinski definition) is 2. The van der Waals surface area contributed by atoms with Gasteiger partial charge in [-0.15, -0.1) is 0 Å². The first-order chi connectivity index (χ1) is 12.5. The van der Waals surface area contributed by atoms with Crippen molar-refractivity contribution in [1.29, 1.82) is 0 Å². The maximum atomic E-state index is 12.6. The molecule has 2 aromatic rings. The quantitative estimate of drug-likeness (QED) is 0.808. The molecular formula is C19H23NO5S. The number of aliphatic hydroxyl groups excluding tert-OH is 1. The van der Waals surface area contributed by atoms with E-state index in [9.17, 15) is 13.5 Å². The van der Waals surface area contributed by atoms with E-state index < -0.39 is 22.2 Å². The van der Waals surface area contributed by atoms with Crippen LogP contribution in [0.3, 0.4) is 0 Å². The van der Waals surface area contributed by atoms with E-state index in [1.54, 1.807) is 13.0 Å². The molecule has 2 atom stereocenters. The fourth-order valence-electron chi connectivity index (χ4n) is 2.84. The molecule has 0 bridgehead atoms. The predicted molar refractivity (Wildman–Crippen MR) is 97.9 cm³/mol. The van der Waals surface area contributed by atoms with Crippen LogP contribution in [0.5, 0.6) is 11.5 Å². The minimum absolute atomic E-state index is 0.114. The fourth-order valence-corrected chi connectivity index (χ4v) is 4.11. The third-order valence-electron chi connectivity index (χ3n) is 4.15. The van der Waals surface area contributed by atoms with E-state index in [-0.39, 0.29) is 11.3 Å². The molecule has 0 amide bonds. The molecule has 0 radical (unpaired) electrons. The summed E-state index contributed by atoms with van der Waals surface area (Å²) < 4.78 is 39.0. The number of hydrogen-bond acceptors (Lipinski definition) is 5. The lowest BCUT2D eigenvalue weighted by molar-refractivity contribution is 0.158. The van der Waals surface area contributed by atoms with Gasteiger partial charge in [-0.25, -0.2) is 13.1 Å². The minimum Gasteiger partial charge on any atom is -0.490 e. The highest BCUT2D eigenvalue weighted by molar-refractivity contribution is 7.89. The second-order valence-corrected chi connectivity index (χ2v) is 8.06. The Hall–Kier alpha value is -2.09. The maximum Gasteiger partial charge on any atom is 0.240 e. The van der Waals surface area contributed by atoms with Gasteiger partial charge >= 0.3 is 0 Å². The van der Waals surface area contributed by atoms with Crippen LogP contribution in [0, 0.1) is 0 Å². The van der Waals surface area contributed by atoms with E-state index in [1.807, 2.05) is 30.3 Å². The number of sulfonamides is 1. The zero-order valence-corrected chi connectivity index (χ0v) is 15.4. The van der Waals surface area contributed by atoms with Crippen LogP contribution in [-0.4, -0.2) is 32.8 Å². The van der Waals surface area contributed by atoms with E-state index >= 15 is 0 Å². The van der Waals surface area contributed by atoms with Gasteiger partial charge in [-0.1, -0.05) is 30.3 Å².